The number of aliphatic hydroxyl groups excluding tert-OH is 1. The van der Waals surface area contributed by atoms with Gasteiger partial charge in [0.15, 0.2) is 0 Å². The first-order valence-electron chi connectivity index (χ1n) is 5.92. The maximum Gasteiger partial charge on any atom is 0.319 e. The second-order valence-corrected chi connectivity index (χ2v) is 4.09. The van der Waals surface area contributed by atoms with E-state index in [0.29, 0.717) is 0 Å². The monoisotopic (exact) mass is 267 g/mol. The van der Waals surface area contributed by atoms with Crippen LogP contribution in [0.2, 0.25) is 0 Å². The number of hydrogen-bond acceptors (Lipinski definition) is 3. The van der Waals surface area contributed by atoms with Crippen molar-refractivity contribution >= 4 is 0 Å². The van der Waals surface area contributed by atoms with Gasteiger partial charge < -0.3 is 10.4 Å². The van der Waals surface area contributed by atoms with Crippen LogP contribution in [0.1, 0.15) is 24.0 Å². The molecule has 1 aromatic heterocycles. The second kappa shape index (κ2) is 6.40. The molecule has 0 amide bonds. The molecular weight excluding hydrogens is 252 g/mol. The summed E-state index contributed by atoms with van der Waals surface area (Å²) in [6, 6.07) is 9.16. The molecule has 0 radical (unpaired) electrons. The maximum atomic E-state index is 12.6. The number of imidazole rings is 1. The molecule has 2 N–H and O–H groups in total. The van der Waals surface area contributed by atoms with Gasteiger partial charge in [-0.25, -0.2) is 4.98 Å². The third kappa shape index (κ3) is 3.59. The highest BCUT2D eigenvalue weighted by Crippen LogP contribution is 2.13. The van der Waals surface area contributed by atoms with Crippen molar-refractivity contribution in [1.82, 2.24) is 14.9 Å². The summed E-state index contributed by atoms with van der Waals surface area (Å²) >= 11 is 0. The van der Waals surface area contributed by atoms with Crippen LogP contribution in [-0.2, 0) is 6.54 Å². The first-order valence-corrected chi connectivity index (χ1v) is 5.92. The number of nitrogens with one attached hydrogen (secondary N) is 1. The fourth-order valence-electron chi connectivity index (χ4n) is 1.77. The third-order valence-corrected chi connectivity index (χ3v) is 2.76. The lowest BCUT2D eigenvalue weighted by molar-refractivity contribution is 0.0664. The van der Waals surface area contributed by atoms with E-state index in [9.17, 15) is 13.9 Å². The first kappa shape index (κ1) is 13.6. The molecule has 102 valence electrons. The summed E-state index contributed by atoms with van der Waals surface area (Å²) in [6.45, 7) is -2.14. The molecule has 2 rings (SSSR count). The molecule has 0 aliphatic heterocycles. The summed E-state index contributed by atoms with van der Waals surface area (Å²) in [6.07, 6.45) is 1.89. The van der Waals surface area contributed by atoms with Crippen LogP contribution in [0.3, 0.4) is 0 Å². The van der Waals surface area contributed by atoms with Crippen LogP contribution in [0.15, 0.2) is 42.7 Å². The number of halogens is 2. The van der Waals surface area contributed by atoms with Crippen molar-refractivity contribution < 1.29 is 13.9 Å². The van der Waals surface area contributed by atoms with Crippen molar-refractivity contribution in [3.8, 4) is 0 Å². The van der Waals surface area contributed by atoms with E-state index in [2.05, 4.69) is 10.3 Å². The van der Waals surface area contributed by atoms with Gasteiger partial charge in [-0.15, -0.1) is 0 Å². The van der Waals surface area contributed by atoms with Gasteiger partial charge >= 0.3 is 6.55 Å². The van der Waals surface area contributed by atoms with E-state index in [-0.39, 0.29) is 18.9 Å². The predicted octanol–water partition coefficient (Wildman–Crippen LogP) is 2.10. The van der Waals surface area contributed by atoms with Crippen LogP contribution in [-0.4, -0.2) is 21.2 Å². The highest BCUT2D eigenvalue weighted by molar-refractivity contribution is 5.17. The van der Waals surface area contributed by atoms with Gasteiger partial charge in [0.25, 0.3) is 0 Å². The summed E-state index contributed by atoms with van der Waals surface area (Å²) in [5.41, 5.74) is 0.784. The molecule has 4 nitrogen and oxygen atoms in total. The molecular formula is C13H15F2N3O. The molecule has 1 heterocycles. The third-order valence-electron chi connectivity index (χ3n) is 2.76. The number of rotatable bonds is 6. The first-order chi connectivity index (χ1) is 9.18. The Morgan fingerprint density at radius 1 is 1.26 bits per heavy atom. The van der Waals surface area contributed by atoms with Crippen LogP contribution in [0.4, 0.5) is 8.78 Å². The normalized spacial score (nSPS) is 12.8. The van der Waals surface area contributed by atoms with Crippen LogP contribution in [0.25, 0.3) is 0 Å². The number of aromatic nitrogens is 2. The molecule has 0 fully saturated rings. The quantitative estimate of drug-likeness (QED) is 0.842. The molecule has 19 heavy (non-hydrogen) atoms. The molecule has 0 aliphatic carbocycles. The number of aliphatic hydroxyl groups is 1. The fraction of sp³-hybridized carbons (Fsp3) is 0.308. The van der Waals surface area contributed by atoms with E-state index in [1.54, 1.807) is 0 Å². The number of benzene rings is 1. The second-order valence-electron chi connectivity index (χ2n) is 4.09. The van der Waals surface area contributed by atoms with E-state index in [1.165, 1.54) is 12.4 Å². The van der Waals surface area contributed by atoms with Crippen LogP contribution in [0.5, 0.6) is 0 Å². The molecule has 6 heteroatoms. The Morgan fingerprint density at radius 2 is 2.00 bits per heavy atom. The highest BCUT2D eigenvalue weighted by atomic mass is 19.3. The minimum absolute atomic E-state index is 0.182. The Morgan fingerprint density at radius 3 is 2.68 bits per heavy atom. The zero-order valence-electron chi connectivity index (χ0n) is 10.2. The summed E-state index contributed by atoms with van der Waals surface area (Å²) in [4.78, 5) is 3.85. The summed E-state index contributed by atoms with van der Waals surface area (Å²) in [5, 5.41) is 12.8. The van der Waals surface area contributed by atoms with E-state index in [0.717, 1.165) is 10.1 Å². The average molecular weight is 267 g/mol. The van der Waals surface area contributed by atoms with E-state index in [1.807, 2.05) is 30.3 Å². The van der Waals surface area contributed by atoms with Gasteiger partial charge in [-0.05, 0) is 5.56 Å². The standard InChI is InChI=1S/C13H15F2N3O/c14-13(15)18-7-6-17-12(18)9-16-8-11(19)10-4-2-1-3-5-10/h1-7,11,13,16,19H,8-9H2. The Bertz CT molecular complexity index is 502. The van der Waals surface area contributed by atoms with Crippen molar-refractivity contribution in [1.29, 1.82) is 0 Å². The Hall–Kier alpha value is -1.79. The summed E-state index contributed by atoms with van der Waals surface area (Å²) in [7, 11) is 0. The molecule has 0 saturated carbocycles. The van der Waals surface area contributed by atoms with Gasteiger partial charge in [0, 0.05) is 18.9 Å². The van der Waals surface area contributed by atoms with Crippen LogP contribution >= 0.6 is 0 Å². The van der Waals surface area contributed by atoms with E-state index < -0.39 is 12.7 Å². The topological polar surface area (TPSA) is 50.1 Å². The van der Waals surface area contributed by atoms with Gasteiger partial charge in [0.2, 0.25) is 0 Å². The van der Waals surface area contributed by atoms with Gasteiger partial charge in [-0.2, -0.15) is 8.78 Å². The van der Waals surface area contributed by atoms with Gasteiger partial charge in [0.05, 0.1) is 12.6 Å². The number of nitrogens with zero attached hydrogens (tertiary/aromatic N) is 2. The van der Waals surface area contributed by atoms with Crippen molar-refractivity contribution in [3.63, 3.8) is 0 Å². The van der Waals surface area contributed by atoms with Crippen LogP contribution in [0, 0.1) is 0 Å². The van der Waals surface area contributed by atoms with Gasteiger partial charge in [0.1, 0.15) is 5.82 Å². The van der Waals surface area contributed by atoms with E-state index >= 15 is 0 Å². The molecule has 0 spiro atoms. The fourth-order valence-corrected chi connectivity index (χ4v) is 1.77. The van der Waals surface area contributed by atoms with E-state index in [4.69, 9.17) is 0 Å². The van der Waals surface area contributed by atoms with Crippen molar-refractivity contribution in [2.75, 3.05) is 6.54 Å². The molecule has 0 aliphatic rings. The number of alkyl halides is 2. The minimum Gasteiger partial charge on any atom is -0.387 e. The van der Waals surface area contributed by atoms with Gasteiger partial charge in [-0.1, -0.05) is 30.3 Å². The molecule has 0 bridgehead atoms. The Balaban J connectivity index is 1.85. The summed E-state index contributed by atoms with van der Waals surface area (Å²) in [5.74, 6) is 0.246. The lowest BCUT2D eigenvalue weighted by Crippen LogP contribution is -2.23. The highest BCUT2D eigenvalue weighted by Gasteiger charge is 2.12. The molecule has 2 aromatic rings. The number of hydrogen-bond donors (Lipinski definition) is 2. The molecule has 1 aromatic carbocycles. The summed E-state index contributed by atoms with van der Waals surface area (Å²) < 4.78 is 25.9. The molecule has 1 unspecified atom stereocenters. The SMILES string of the molecule is OC(CNCc1nccn1C(F)F)c1ccccc1. The lowest BCUT2D eigenvalue weighted by atomic mass is 10.1. The zero-order chi connectivity index (χ0) is 13.7. The Kier molecular flexibility index (Phi) is 4.59. The molecule has 1 atom stereocenters. The smallest absolute Gasteiger partial charge is 0.319 e. The Labute approximate surface area is 109 Å². The molecule has 0 saturated heterocycles. The van der Waals surface area contributed by atoms with Crippen molar-refractivity contribution in [3.05, 3.63) is 54.1 Å². The average Bonchev–Trinajstić information content (AvgIpc) is 2.88. The van der Waals surface area contributed by atoms with Crippen molar-refractivity contribution in [2.24, 2.45) is 0 Å². The maximum absolute atomic E-state index is 12.6. The minimum atomic E-state index is -2.60. The van der Waals surface area contributed by atoms with Crippen LogP contribution < -0.4 is 5.32 Å². The largest absolute Gasteiger partial charge is 0.387 e. The lowest BCUT2D eigenvalue weighted by Gasteiger charge is -2.12. The zero-order valence-corrected chi connectivity index (χ0v) is 10.2. The van der Waals surface area contributed by atoms with Gasteiger partial charge in [-0.3, -0.25) is 4.57 Å². The predicted molar refractivity (Wildman–Crippen MR) is 66.6 cm³/mol. The van der Waals surface area contributed by atoms with Crippen molar-refractivity contribution in [2.45, 2.75) is 19.2 Å².